The van der Waals surface area contributed by atoms with Gasteiger partial charge in [-0.2, -0.15) is 5.26 Å². The first-order valence-corrected chi connectivity index (χ1v) is 10.6. The van der Waals surface area contributed by atoms with Gasteiger partial charge in [-0.25, -0.2) is 0 Å². The van der Waals surface area contributed by atoms with Crippen LogP contribution in [0.3, 0.4) is 0 Å². The van der Waals surface area contributed by atoms with Gasteiger partial charge in [0.1, 0.15) is 12.7 Å². The zero-order chi connectivity index (χ0) is 20.6. The van der Waals surface area contributed by atoms with Crippen LogP contribution in [0.2, 0.25) is 0 Å². The van der Waals surface area contributed by atoms with Gasteiger partial charge in [-0.3, -0.25) is 9.88 Å². The number of aryl methyl sites for hydroxylation is 1. The summed E-state index contributed by atoms with van der Waals surface area (Å²) in [7, 11) is 0. The largest absolute Gasteiger partial charge is 0.486 e. The quantitative estimate of drug-likeness (QED) is 0.659. The molecule has 0 aliphatic carbocycles. The maximum atomic E-state index is 9.91. The Kier molecular flexibility index (Phi) is 4.80. The molecule has 2 aliphatic rings. The van der Waals surface area contributed by atoms with E-state index in [1.807, 2.05) is 43.3 Å². The van der Waals surface area contributed by atoms with Gasteiger partial charge in [0.25, 0.3) is 0 Å². The van der Waals surface area contributed by atoms with E-state index in [9.17, 15) is 5.26 Å². The highest BCUT2D eigenvalue weighted by atomic mass is 16.6. The van der Waals surface area contributed by atoms with Crippen LogP contribution in [-0.2, 0) is 5.41 Å². The number of nitriles is 1. The van der Waals surface area contributed by atoms with E-state index in [1.54, 1.807) is 0 Å². The monoisotopic (exact) mass is 399 g/mol. The molecule has 3 aromatic rings. The Balaban J connectivity index is 1.28. The van der Waals surface area contributed by atoms with Crippen LogP contribution in [0, 0.1) is 18.3 Å². The van der Waals surface area contributed by atoms with E-state index in [4.69, 9.17) is 9.47 Å². The average Bonchev–Trinajstić information content (AvgIpc) is 2.80. The number of aromatic nitrogens is 1. The number of benzene rings is 2. The number of rotatable bonds is 3. The van der Waals surface area contributed by atoms with Crippen molar-refractivity contribution in [1.29, 1.82) is 5.26 Å². The molecule has 0 amide bonds. The van der Waals surface area contributed by atoms with E-state index in [2.05, 4.69) is 34.2 Å². The highest BCUT2D eigenvalue weighted by Crippen LogP contribution is 2.39. The minimum atomic E-state index is -0.381. The van der Waals surface area contributed by atoms with E-state index in [-0.39, 0.29) is 11.5 Å². The first-order valence-electron chi connectivity index (χ1n) is 10.6. The smallest absolute Gasteiger partial charge is 0.171 e. The molecule has 1 aromatic heterocycles. The maximum Gasteiger partial charge on any atom is 0.171 e. The first kappa shape index (κ1) is 18.9. The lowest BCUT2D eigenvalue weighted by Gasteiger charge is -2.39. The fourth-order valence-electron chi connectivity index (χ4n) is 4.60. The number of nitrogens with zero attached hydrogens (tertiary/aromatic N) is 3. The number of hydrogen-bond acceptors (Lipinski definition) is 5. The van der Waals surface area contributed by atoms with Gasteiger partial charge in [-0.1, -0.05) is 30.3 Å². The number of likely N-dealkylation sites (tertiary alicyclic amines) is 1. The minimum absolute atomic E-state index is 0.0317. The predicted molar refractivity (Wildman–Crippen MR) is 116 cm³/mol. The third kappa shape index (κ3) is 3.38. The van der Waals surface area contributed by atoms with Crippen LogP contribution in [-0.4, -0.2) is 42.2 Å². The van der Waals surface area contributed by atoms with Crippen LogP contribution in [0.1, 0.15) is 24.1 Å². The lowest BCUT2D eigenvalue weighted by molar-refractivity contribution is 0.0494. The summed E-state index contributed by atoms with van der Waals surface area (Å²) in [6.07, 6.45) is 1.64. The number of ether oxygens (including phenoxy) is 2. The molecule has 5 nitrogen and oxygen atoms in total. The van der Waals surface area contributed by atoms with E-state index in [0.29, 0.717) is 6.61 Å². The van der Waals surface area contributed by atoms with Crippen molar-refractivity contribution in [2.45, 2.75) is 31.3 Å². The molecule has 0 radical (unpaired) electrons. The van der Waals surface area contributed by atoms with Gasteiger partial charge < -0.3 is 9.47 Å². The van der Waals surface area contributed by atoms with Crippen molar-refractivity contribution in [2.24, 2.45) is 0 Å². The molecule has 0 N–H and O–H groups in total. The van der Waals surface area contributed by atoms with Gasteiger partial charge in [-0.05, 0) is 49.6 Å². The Morgan fingerprint density at radius 2 is 1.90 bits per heavy atom. The van der Waals surface area contributed by atoms with Crippen molar-refractivity contribution >= 4 is 10.9 Å². The van der Waals surface area contributed by atoms with Gasteiger partial charge >= 0.3 is 0 Å². The van der Waals surface area contributed by atoms with Gasteiger partial charge in [0.15, 0.2) is 11.5 Å². The van der Waals surface area contributed by atoms with Crippen LogP contribution in [0.5, 0.6) is 11.5 Å². The summed E-state index contributed by atoms with van der Waals surface area (Å²) in [6.45, 7) is 5.09. The van der Waals surface area contributed by atoms with E-state index < -0.39 is 0 Å². The zero-order valence-electron chi connectivity index (χ0n) is 17.2. The molecule has 1 atom stereocenters. The normalized spacial score (nSPS) is 20.6. The molecule has 0 bridgehead atoms. The van der Waals surface area contributed by atoms with Crippen molar-refractivity contribution in [2.75, 3.05) is 26.2 Å². The summed E-state index contributed by atoms with van der Waals surface area (Å²) in [5, 5.41) is 10.9. The topological polar surface area (TPSA) is 58.4 Å². The second kappa shape index (κ2) is 7.62. The molecular formula is C25H25N3O2. The lowest BCUT2D eigenvalue weighted by atomic mass is 9.74. The summed E-state index contributed by atoms with van der Waals surface area (Å²) in [4.78, 5) is 7.00. The van der Waals surface area contributed by atoms with Crippen molar-refractivity contribution in [3.05, 3.63) is 65.9 Å². The second-order valence-electron chi connectivity index (χ2n) is 8.32. The molecule has 1 saturated heterocycles. The van der Waals surface area contributed by atoms with Crippen molar-refractivity contribution in [3.63, 3.8) is 0 Å². The molecule has 5 heteroatoms. The van der Waals surface area contributed by atoms with Gasteiger partial charge in [0.05, 0.1) is 17.0 Å². The Labute approximate surface area is 176 Å². The maximum absolute atomic E-state index is 9.91. The summed E-state index contributed by atoms with van der Waals surface area (Å²) < 4.78 is 12.4. The molecule has 1 unspecified atom stereocenters. The first-order chi connectivity index (χ1) is 14.7. The standard InChI is InChI=1S/C25H25N3O2/c1-18-7-8-21-22(27-18)9-10-23-24(21)30-20(16-29-23)15-28-13-11-25(17-26,12-14-28)19-5-3-2-4-6-19/h2-10,20H,11-16H2,1H3. The molecule has 5 rings (SSSR count). The fourth-order valence-corrected chi connectivity index (χ4v) is 4.60. The third-order valence-corrected chi connectivity index (χ3v) is 6.35. The van der Waals surface area contributed by atoms with Crippen LogP contribution in [0.25, 0.3) is 10.9 Å². The SMILES string of the molecule is Cc1ccc2c3c(ccc2n1)OCC(CN1CCC(C#N)(c2ccccc2)CC1)O3. The molecule has 3 heterocycles. The number of pyridine rings is 1. The van der Waals surface area contributed by atoms with E-state index in [0.717, 1.165) is 66.1 Å². The van der Waals surface area contributed by atoms with Crippen molar-refractivity contribution in [1.82, 2.24) is 9.88 Å². The van der Waals surface area contributed by atoms with E-state index in [1.165, 1.54) is 0 Å². The molecule has 2 aliphatic heterocycles. The molecule has 0 saturated carbocycles. The molecule has 152 valence electrons. The molecule has 2 aromatic carbocycles. The summed E-state index contributed by atoms with van der Waals surface area (Å²) in [5.41, 5.74) is 2.67. The molecular weight excluding hydrogens is 374 g/mol. The van der Waals surface area contributed by atoms with Crippen molar-refractivity contribution in [3.8, 4) is 17.6 Å². The number of piperidine rings is 1. The van der Waals surface area contributed by atoms with Crippen LogP contribution in [0.4, 0.5) is 0 Å². The number of fused-ring (bicyclic) bond motifs is 3. The Morgan fingerprint density at radius 1 is 1.10 bits per heavy atom. The van der Waals surface area contributed by atoms with Crippen LogP contribution >= 0.6 is 0 Å². The predicted octanol–water partition coefficient (Wildman–Crippen LogP) is 4.24. The molecule has 1 fully saturated rings. The average molecular weight is 399 g/mol. The lowest BCUT2D eigenvalue weighted by Crippen LogP contribution is -2.47. The van der Waals surface area contributed by atoms with Crippen LogP contribution in [0.15, 0.2) is 54.6 Å². The summed E-state index contributed by atoms with van der Waals surface area (Å²) in [6, 6.07) is 20.8. The summed E-state index contributed by atoms with van der Waals surface area (Å²) >= 11 is 0. The van der Waals surface area contributed by atoms with Gasteiger partial charge in [0, 0.05) is 30.7 Å². The van der Waals surface area contributed by atoms with E-state index >= 15 is 0 Å². The molecule has 30 heavy (non-hydrogen) atoms. The van der Waals surface area contributed by atoms with Gasteiger partial charge in [0.2, 0.25) is 0 Å². The Bertz CT molecular complexity index is 1100. The number of hydrogen-bond donors (Lipinski definition) is 0. The zero-order valence-corrected chi connectivity index (χ0v) is 17.2. The fraction of sp³-hybridized carbons (Fsp3) is 0.360. The van der Waals surface area contributed by atoms with Crippen molar-refractivity contribution < 1.29 is 9.47 Å². The Morgan fingerprint density at radius 3 is 2.67 bits per heavy atom. The minimum Gasteiger partial charge on any atom is -0.486 e. The molecule has 0 spiro atoms. The summed E-state index contributed by atoms with van der Waals surface area (Å²) in [5.74, 6) is 1.58. The highest BCUT2D eigenvalue weighted by Gasteiger charge is 2.37. The van der Waals surface area contributed by atoms with Crippen LogP contribution < -0.4 is 9.47 Å². The third-order valence-electron chi connectivity index (χ3n) is 6.35. The second-order valence-corrected chi connectivity index (χ2v) is 8.32. The Hall–Kier alpha value is -3.10. The van der Waals surface area contributed by atoms with Gasteiger partial charge in [-0.15, -0.1) is 0 Å². The highest BCUT2D eigenvalue weighted by molar-refractivity contribution is 5.88.